The van der Waals surface area contributed by atoms with E-state index >= 15 is 0 Å². The topological polar surface area (TPSA) is 35.6 Å². The third kappa shape index (κ3) is 5.40. The van der Waals surface area contributed by atoms with Crippen LogP contribution < -0.4 is 0 Å². The minimum Gasteiger partial charge on any atom is -0.331 e. The van der Waals surface area contributed by atoms with Crippen LogP contribution in [0.2, 0.25) is 0 Å². The Morgan fingerprint density at radius 3 is 1.28 bits per heavy atom. The van der Waals surface area contributed by atoms with Gasteiger partial charge in [-0.1, -0.05) is 113 Å². The van der Waals surface area contributed by atoms with Crippen LogP contribution in [-0.4, -0.2) is 19.1 Å². The summed E-state index contributed by atoms with van der Waals surface area (Å²) >= 11 is 0. The molecule has 2 aromatic heterocycles. The van der Waals surface area contributed by atoms with Crippen molar-refractivity contribution in [1.82, 2.24) is 19.1 Å². The molecule has 0 amide bonds. The fourth-order valence-electron chi connectivity index (χ4n) is 8.54. The molecule has 0 saturated heterocycles. The molecular weight excluding hydrogens is 524 g/mol. The predicted molar refractivity (Wildman–Crippen MR) is 179 cm³/mol. The first-order valence-corrected chi connectivity index (χ1v) is 17.0. The molecular formula is C39H52N4. The maximum absolute atomic E-state index is 5.57. The number of hydrogen-bond acceptors (Lipinski definition) is 2. The zero-order valence-electron chi connectivity index (χ0n) is 27.5. The highest BCUT2D eigenvalue weighted by atomic mass is 15.1. The van der Waals surface area contributed by atoms with Gasteiger partial charge in [0.2, 0.25) is 0 Å². The monoisotopic (exact) mass is 576 g/mol. The Labute approximate surface area is 260 Å². The summed E-state index contributed by atoms with van der Waals surface area (Å²) in [6, 6.07) is 21.6. The van der Waals surface area contributed by atoms with E-state index in [1.54, 1.807) is 0 Å². The lowest BCUT2D eigenvalue weighted by molar-refractivity contribution is 0.273. The molecule has 0 aliphatic heterocycles. The molecule has 0 radical (unpaired) electrons. The van der Waals surface area contributed by atoms with Crippen LogP contribution in [0.4, 0.5) is 0 Å². The first-order chi connectivity index (χ1) is 20.7. The number of benzene rings is 2. The van der Waals surface area contributed by atoms with Crippen LogP contribution >= 0.6 is 0 Å². The van der Waals surface area contributed by atoms with Gasteiger partial charge in [-0.05, 0) is 63.2 Å². The molecule has 2 aliphatic rings. The zero-order chi connectivity index (χ0) is 30.2. The second-order valence-corrected chi connectivity index (χ2v) is 14.4. The molecule has 43 heavy (non-hydrogen) atoms. The average molecular weight is 577 g/mol. The Bertz CT molecular complexity index is 1410. The predicted octanol–water partition coefficient (Wildman–Crippen LogP) is 9.84. The van der Waals surface area contributed by atoms with Crippen molar-refractivity contribution < 1.29 is 0 Å². The molecule has 2 aromatic carbocycles. The van der Waals surface area contributed by atoms with Gasteiger partial charge in [-0.25, -0.2) is 9.97 Å². The lowest BCUT2D eigenvalue weighted by atomic mass is 9.74. The summed E-state index contributed by atoms with van der Waals surface area (Å²) in [5.41, 5.74) is 7.98. The molecule has 228 valence electrons. The van der Waals surface area contributed by atoms with Crippen LogP contribution in [0, 0.1) is 10.8 Å². The third-order valence-corrected chi connectivity index (χ3v) is 11.6. The summed E-state index contributed by atoms with van der Waals surface area (Å²) < 4.78 is 4.85. The molecule has 4 aromatic rings. The second-order valence-electron chi connectivity index (χ2n) is 14.4. The smallest absolute Gasteiger partial charge is 0.140 e. The van der Waals surface area contributed by atoms with Gasteiger partial charge in [-0.2, -0.15) is 0 Å². The lowest BCUT2D eigenvalue weighted by Crippen LogP contribution is -2.29. The Morgan fingerprint density at radius 1 is 0.605 bits per heavy atom. The van der Waals surface area contributed by atoms with Gasteiger partial charge in [0.1, 0.15) is 11.6 Å². The van der Waals surface area contributed by atoms with Gasteiger partial charge in [0.05, 0.1) is 16.8 Å². The fourth-order valence-corrected chi connectivity index (χ4v) is 8.54. The summed E-state index contributed by atoms with van der Waals surface area (Å²) in [6.07, 6.45) is 15.3. The number of rotatable bonds is 10. The Hall–Kier alpha value is -3.14. The summed E-state index contributed by atoms with van der Waals surface area (Å²) in [5, 5.41) is 0. The van der Waals surface area contributed by atoms with Gasteiger partial charge in [-0.15, -0.1) is 0 Å². The fraction of sp³-hybridized carbons (Fsp3) is 0.538. The molecule has 0 spiro atoms. The van der Waals surface area contributed by atoms with E-state index in [9.17, 15) is 0 Å². The average Bonchev–Trinajstić information content (AvgIpc) is 3.83. The Balaban J connectivity index is 1.54. The van der Waals surface area contributed by atoms with Crippen molar-refractivity contribution in [2.75, 3.05) is 0 Å². The van der Waals surface area contributed by atoms with Crippen molar-refractivity contribution in [3.05, 3.63) is 83.4 Å². The normalized spacial score (nSPS) is 18.0. The van der Waals surface area contributed by atoms with Gasteiger partial charge >= 0.3 is 0 Å². The van der Waals surface area contributed by atoms with E-state index in [0.29, 0.717) is 10.8 Å². The van der Waals surface area contributed by atoms with Crippen LogP contribution in [0.1, 0.15) is 115 Å². The van der Waals surface area contributed by atoms with E-state index in [0.717, 1.165) is 24.5 Å². The quantitative estimate of drug-likeness (QED) is 0.188. The second kappa shape index (κ2) is 11.7. The van der Waals surface area contributed by atoms with Gasteiger partial charge in [-0.3, -0.25) is 0 Å². The zero-order valence-corrected chi connectivity index (χ0v) is 27.5. The Kier molecular flexibility index (Phi) is 8.17. The molecule has 4 heteroatoms. The van der Waals surface area contributed by atoms with Crippen LogP contribution in [0.3, 0.4) is 0 Å². The number of imidazole rings is 2. The van der Waals surface area contributed by atoms with E-state index in [-0.39, 0.29) is 5.41 Å². The maximum atomic E-state index is 5.57. The molecule has 0 bridgehead atoms. The van der Waals surface area contributed by atoms with E-state index in [4.69, 9.17) is 9.97 Å². The summed E-state index contributed by atoms with van der Waals surface area (Å²) in [6.45, 7) is 9.60. The maximum Gasteiger partial charge on any atom is 0.140 e. The molecule has 6 rings (SSSR count). The molecule has 0 atom stereocenters. The van der Waals surface area contributed by atoms with Crippen molar-refractivity contribution in [3.63, 3.8) is 0 Å². The Morgan fingerprint density at radius 2 is 0.953 bits per heavy atom. The van der Waals surface area contributed by atoms with Gasteiger partial charge in [0.25, 0.3) is 0 Å². The molecule has 2 aliphatic carbocycles. The molecule has 4 nitrogen and oxygen atoms in total. The first kappa shape index (κ1) is 29.9. The summed E-state index contributed by atoms with van der Waals surface area (Å²) in [7, 11) is 4.50. The van der Waals surface area contributed by atoms with Crippen LogP contribution in [0.5, 0.6) is 0 Å². The molecule has 2 saturated carbocycles. The van der Waals surface area contributed by atoms with Crippen molar-refractivity contribution in [2.45, 2.75) is 110 Å². The SMILES string of the molecule is CCC1(Cc2c(C(C)(C)c3nc(-c4ccccc4)n(C)c3CC3(CC)CCCC3)nc(-c3ccccc3)n2C)CCCC1. The number of nitrogens with zero attached hydrogens (tertiary/aromatic N) is 4. The molecule has 2 heterocycles. The van der Waals surface area contributed by atoms with Crippen molar-refractivity contribution in [3.8, 4) is 22.8 Å². The van der Waals surface area contributed by atoms with Gasteiger partial charge < -0.3 is 9.13 Å². The van der Waals surface area contributed by atoms with E-state index in [2.05, 4.69) is 112 Å². The van der Waals surface area contributed by atoms with E-state index in [1.165, 1.54) is 98.1 Å². The van der Waals surface area contributed by atoms with Crippen molar-refractivity contribution in [1.29, 1.82) is 0 Å². The van der Waals surface area contributed by atoms with Crippen LogP contribution in [-0.2, 0) is 32.4 Å². The molecule has 2 fully saturated rings. The van der Waals surface area contributed by atoms with Crippen LogP contribution in [0.25, 0.3) is 22.8 Å². The lowest BCUT2D eigenvalue weighted by Gasteiger charge is -2.32. The highest BCUT2D eigenvalue weighted by Gasteiger charge is 2.42. The first-order valence-electron chi connectivity index (χ1n) is 17.0. The number of aromatic nitrogens is 4. The largest absolute Gasteiger partial charge is 0.331 e. The van der Waals surface area contributed by atoms with Crippen molar-refractivity contribution >= 4 is 0 Å². The molecule has 0 unspecified atom stereocenters. The van der Waals surface area contributed by atoms with Gasteiger partial charge in [0, 0.05) is 36.6 Å². The van der Waals surface area contributed by atoms with E-state index in [1.807, 2.05) is 0 Å². The highest BCUT2D eigenvalue weighted by Crippen LogP contribution is 2.49. The minimum absolute atomic E-state index is 0.346. The van der Waals surface area contributed by atoms with Gasteiger partial charge in [0.15, 0.2) is 0 Å². The summed E-state index contributed by atoms with van der Waals surface area (Å²) in [4.78, 5) is 11.1. The minimum atomic E-state index is -0.346. The van der Waals surface area contributed by atoms with E-state index < -0.39 is 0 Å². The highest BCUT2D eigenvalue weighted by molar-refractivity contribution is 5.60. The van der Waals surface area contributed by atoms with Crippen molar-refractivity contribution in [2.24, 2.45) is 24.9 Å². The van der Waals surface area contributed by atoms with Crippen LogP contribution in [0.15, 0.2) is 60.7 Å². The number of hydrogen-bond donors (Lipinski definition) is 0. The molecule has 0 N–H and O–H groups in total. The summed E-state index contributed by atoms with van der Waals surface area (Å²) in [5.74, 6) is 2.15. The standard InChI is InChI=1S/C39H52N4/c1-7-38(23-15-16-24-38)27-31-33(40-35(42(31)5)29-19-11-9-12-20-29)37(3,4)34-32(28-39(8-2)25-17-18-26-39)43(6)36(41-34)30-21-13-10-14-22-30/h9-14,19-22H,7-8,15-18,23-28H2,1-6H3. The third-order valence-electron chi connectivity index (χ3n) is 11.6.